The van der Waals surface area contributed by atoms with Gasteiger partial charge < -0.3 is 10.6 Å². The van der Waals surface area contributed by atoms with Gasteiger partial charge in [-0.2, -0.15) is 4.98 Å². The number of anilines is 1. The number of aromatic nitrogens is 3. The Morgan fingerprint density at radius 3 is 2.79 bits per heavy atom. The van der Waals surface area contributed by atoms with Crippen LogP contribution < -0.4 is 10.6 Å². The zero-order valence-corrected chi connectivity index (χ0v) is 11.6. The first-order chi connectivity index (χ1) is 9.31. The third kappa shape index (κ3) is 3.26. The summed E-state index contributed by atoms with van der Waals surface area (Å²) in [5, 5.41) is 7.42. The molecule has 2 fully saturated rings. The second-order valence-corrected chi connectivity index (χ2v) is 6.12. The number of aromatic amines is 1. The van der Waals surface area contributed by atoms with Gasteiger partial charge in [-0.1, -0.05) is 32.1 Å². The molecular weight excluding hydrogens is 238 g/mol. The minimum absolute atomic E-state index is 0.282. The van der Waals surface area contributed by atoms with Crippen molar-refractivity contribution in [1.29, 1.82) is 0 Å². The van der Waals surface area contributed by atoms with Crippen molar-refractivity contribution in [2.75, 3.05) is 18.0 Å². The minimum Gasteiger partial charge on any atom is -0.338 e. The van der Waals surface area contributed by atoms with Crippen LogP contribution in [-0.4, -0.2) is 34.3 Å². The van der Waals surface area contributed by atoms with Crippen LogP contribution in [0.2, 0.25) is 0 Å². The Morgan fingerprint density at radius 2 is 2.05 bits per heavy atom. The van der Waals surface area contributed by atoms with Crippen LogP contribution in [-0.2, 0) is 6.42 Å². The largest absolute Gasteiger partial charge is 0.338 e. The van der Waals surface area contributed by atoms with Crippen molar-refractivity contribution in [1.82, 2.24) is 15.2 Å². The highest BCUT2D eigenvalue weighted by Gasteiger charge is 2.22. The summed E-state index contributed by atoms with van der Waals surface area (Å²) in [4.78, 5) is 6.80. The van der Waals surface area contributed by atoms with E-state index in [0.717, 1.165) is 43.6 Å². The average molecular weight is 263 g/mol. The molecule has 0 bridgehead atoms. The topological polar surface area (TPSA) is 70.8 Å². The number of rotatable bonds is 4. The van der Waals surface area contributed by atoms with E-state index < -0.39 is 0 Å². The molecular formula is C14H25N5. The lowest BCUT2D eigenvalue weighted by atomic mass is 9.86. The fraction of sp³-hybridized carbons (Fsp3) is 0.857. The van der Waals surface area contributed by atoms with E-state index in [1.165, 1.54) is 38.5 Å². The van der Waals surface area contributed by atoms with Crippen LogP contribution in [0.25, 0.3) is 0 Å². The summed E-state index contributed by atoms with van der Waals surface area (Å²) in [5.41, 5.74) is 5.92. The van der Waals surface area contributed by atoms with Crippen molar-refractivity contribution in [3.8, 4) is 0 Å². The van der Waals surface area contributed by atoms with Gasteiger partial charge in [0.1, 0.15) is 5.82 Å². The molecule has 1 aliphatic heterocycles. The molecule has 1 aromatic rings. The van der Waals surface area contributed by atoms with Crippen molar-refractivity contribution in [2.45, 2.75) is 57.4 Å². The summed E-state index contributed by atoms with van der Waals surface area (Å²) < 4.78 is 0. The number of nitrogens with zero attached hydrogens (tertiary/aromatic N) is 3. The number of nitrogens with two attached hydrogens (primary N) is 1. The van der Waals surface area contributed by atoms with Crippen molar-refractivity contribution >= 4 is 5.95 Å². The van der Waals surface area contributed by atoms with Gasteiger partial charge in [0.2, 0.25) is 5.95 Å². The van der Waals surface area contributed by atoms with E-state index in [2.05, 4.69) is 20.1 Å². The van der Waals surface area contributed by atoms with Crippen LogP contribution in [0, 0.1) is 5.92 Å². The average Bonchev–Trinajstić information content (AvgIpc) is 3.06. The Hall–Kier alpha value is -1.10. The Balaban J connectivity index is 1.50. The monoisotopic (exact) mass is 263 g/mol. The number of H-pyrrole nitrogens is 1. The van der Waals surface area contributed by atoms with Gasteiger partial charge in [-0.3, -0.25) is 5.10 Å². The first-order valence-corrected chi connectivity index (χ1v) is 7.73. The Morgan fingerprint density at radius 1 is 1.21 bits per heavy atom. The molecule has 5 heteroatoms. The lowest BCUT2D eigenvalue weighted by molar-refractivity contribution is 0.337. The third-order valence-corrected chi connectivity index (χ3v) is 4.54. The standard InChI is InChI=1S/C14H25N5/c15-12-8-9-19(10-12)14-16-13(17-18-14)7-6-11-4-2-1-3-5-11/h11-12H,1-10,15H2,(H,16,17,18). The highest BCUT2D eigenvalue weighted by molar-refractivity contribution is 5.31. The van der Waals surface area contributed by atoms with Crippen LogP contribution in [0.1, 0.15) is 50.8 Å². The summed E-state index contributed by atoms with van der Waals surface area (Å²) >= 11 is 0. The summed E-state index contributed by atoms with van der Waals surface area (Å²) in [6.45, 7) is 1.88. The van der Waals surface area contributed by atoms with Crippen molar-refractivity contribution in [2.24, 2.45) is 11.7 Å². The molecule has 19 heavy (non-hydrogen) atoms. The molecule has 1 saturated heterocycles. The molecule has 0 radical (unpaired) electrons. The highest BCUT2D eigenvalue weighted by Crippen LogP contribution is 2.27. The maximum absolute atomic E-state index is 5.92. The molecule has 0 amide bonds. The SMILES string of the molecule is NC1CCN(c2n[nH]c(CCC3CCCCC3)n2)C1. The van der Waals surface area contributed by atoms with E-state index in [1.54, 1.807) is 0 Å². The van der Waals surface area contributed by atoms with Gasteiger partial charge in [0, 0.05) is 25.6 Å². The first kappa shape index (κ1) is 12.9. The Labute approximate surface area is 115 Å². The van der Waals surface area contributed by atoms with Gasteiger partial charge in [0.25, 0.3) is 0 Å². The minimum atomic E-state index is 0.282. The molecule has 106 valence electrons. The van der Waals surface area contributed by atoms with Crippen LogP contribution in [0.15, 0.2) is 0 Å². The Bertz CT molecular complexity index is 396. The quantitative estimate of drug-likeness (QED) is 0.869. The molecule has 1 atom stereocenters. The fourth-order valence-electron chi connectivity index (χ4n) is 3.32. The van der Waals surface area contributed by atoms with Gasteiger partial charge in [-0.25, -0.2) is 0 Å². The lowest BCUT2D eigenvalue weighted by Gasteiger charge is -2.20. The predicted molar refractivity (Wildman–Crippen MR) is 76.1 cm³/mol. The number of nitrogens with one attached hydrogen (secondary N) is 1. The van der Waals surface area contributed by atoms with Gasteiger partial charge in [-0.05, 0) is 18.8 Å². The van der Waals surface area contributed by atoms with E-state index >= 15 is 0 Å². The molecule has 1 saturated carbocycles. The van der Waals surface area contributed by atoms with E-state index in [-0.39, 0.29) is 6.04 Å². The van der Waals surface area contributed by atoms with E-state index in [9.17, 15) is 0 Å². The zero-order chi connectivity index (χ0) is 13.1. The smallest absolute Gasteiger partial charge is 0.244 e. The second kappa shape index (κ2) is 5.90. The molecule has 2 heterocycles. The molecule has 1 aliphatic carbocycles. The number of hydrogen-bond donors (Lipinski definition) is 2. The van der Waals surface area contributed by atoms with Crippen molar-refractivity contribution in [3.05, 3.63) is 5.82 Å². The van der Waals surface area contributed by atoms with Crippen LogP contribution in [0.4, 0.5) is 5.95 Å². The highest BCUT2D eigenvalue weighted by atomic mass is 15.4. The van der Waals surface area contributed by atoms with Gasteiger partial charge >= 0.3 is 0 Å². The number of aryl methyl sites for hydroxylation is 1. The summed E-state index contributed by atoms with van der Waals surface area (Å²) in [6.07, 6.45) is 10.4. The van der Waals surface area contributed by atoms with Crippen LogP contribution >= 0.6 is 0 Å². The summed E-state index contributed by atoms with van der Waals surface area (Å²) in [5.74, 6) is 2.79. The van der Waals surface area contributed by atoms with Gasteiger partial charge in [-0.15, -0.1) is 5.10 Å². The predicted octanol–water partition coefficient (Wildman–Crippen LogP) is 1.85. The summed E-state index contributed by atoms with van der Waals surface area (Å²) in [6, 6.07) is 0.282. The normalized spacial score (nSPS) is 25.1. The van der Waals surface area contributed by atoms with Crippen LogP contribution in [0.3, 0.4) is 0 Å². The lowest BCUT2D eigenvalue weighted by Crippen LogP contribution is -2.27. The van der Waals surface area contributed by atoms with Gasteiger partial charge in [0.05, 0.1) is 0 Å². The molecule has 0 spiro atoms. The molecule has 0 aromatic carbocycles. The molecule has 5 nitrogen and oxygen atoms in total. The van der Waals surface area contributed by atoms with Crippen LogP contribution in [0.5, 0.6) is 0 Å². The van der Waals surface area contributed by atoms with Gasteiger partial charge in [0.15, 0.2) is 0 Å². The second-order valence-electron chi connectivity index (χ2n) is 6.12. The first-order valence-electron chi connectivity index (χ1n) is 7.73. The molecule has 3 N–H and O–H groups in total. The van der Waals surface area contributed by atoms with Crippen molar-refractivity contribution in [3.63, 3.8) is 0 Å². The molecule has 2 aliphatic rings. The number of hydrogen-bond acceptors (Lipinski definition) is 4. The van der Waals surface area contributed by atoms with E-state index in [0.29, 0.717) is 0 Å². The molecule has 3 rings (SSSR count). The van der Waals surface area contributed by atoms with E-state index in [4.69, 9.17) is 5.73 Å². The Kier molecular flexibility index (Phi) is 4.01. The summed E-state index contributed by atoms with van der Waals surface area (Å²) in [7, 11) is 0. The third-order valence-electron chi connectivity index (χ3n) is 4.54. The maximum atomic E-state index is 5.92. The molecule has 1 unspecified atom stereocenters. The van der Waals surface area contributed by atoms with E-state index in [1.807, 2.05) is 0 Å². The molecule has 1 aromatic heterocycles. The fourth-order valence-corrected chi connectivity index (χ4v) is 3.32. The zero-order valence-electron chi connectivity index (χ0n) is 11.6. The van der Waals surface area contributed by atoms with Crippen molar-refractivity contribution < 1.29 is 0 Å². The maximum Gasteiger partial charge on any atom is 0.244 e.